The van der Waals surface area contributed by atoms with E-state index >= 15 is 0 Å². The summed E-state index contributed by atoms with van der Waals surface area (Å²) in [5.41, 5.74) is 2.74. The molecule has 4 rings (SSSR count). The van der Waals surface area contributed by atoms with E-state index in [-0.39, 0.29) is 5.82 Å². The maximum absolute atomic E-state index is 13.8. The van der Waals surface area contributed by atoms with Crippen molar-refractivity contribution < 1.29 is 4.39 Å². The Hall–Kier alpha value is -2.46. The Labute approximate surface area is 137 Å². The minimum Gasteiger partial charge on any atom is -0.256 e. The molecule has 112 valence electrons. The standard InChI is InChI=1S/C19H13FN2S/c20-15-10-13-4-3-8-22-19(13)14(11-15)12-23-18-7-9-21-17-6-2-1-5-16(17)18/h1-11H,12H2. The highest BCUT2D eigenvalue weighted by Crippen LogP contribution is 2.31. The Bertz CT molecular complexity index is 995. The number of benzene rings is 2. The summed E-state index contributed by atoms with van der Waals surface area (Å²) in [6.07, 6.45) is 3.56. The number of rotatable bonds is 3. The normalized spacial score (nSPS) is 11.2. The molecular formula is C19H13FN2S. The first kappa shape index (κ1) is 14.2. The predicted molar refractivity (Wildman–Crippen MR) is 93.0 cm³/mol. The van der Waals surface area contributed by atoms with Crippen LogP contribution in [0.3, 0.4) is 0 Å². The molecule has 0 spiro atoms. The fourth-order valence-electron chi connectivity index (χ4n) is 2.69. The van der Waals surface area contributed by atoms with Crippen molar-refractivity contribution in [3.8, 4) is 0 Å². The Kier molecular flexibility index (Phi) is 3.67. The Balaban J connectivity index is 1.71. The highest BCUT2D eigenvalue weighted by molar-refractivity contribution is 7.98. The van der Waals surface area contributed by atoms with E-state index < -0.39 is 0 Å². The van der Waals surface area contributed by atoms with Crippen molar-refractivity contribution >= 4 is 33.6 Å². The highest BCUT2D eigenvalue weighted by atomic mass is 32.2. The van der Waals surface area contributed by atoms with Gasteiger partial charge in [0, 0.05) is 33.8 Å². The molecule has 0 atom stereocenters. The van der Waals surface area contributed by atoms with Gasteiger partial charge in [-0.05, 0) is 35.9 Å². The molecule has 4 aromatic rings. The van der Waals surface area contributed by atoms with Crippen LogP contribution in [0.15, 0.2) is 71.9 Å². The van der Waals surface area contributed by atoms with Gasteiger partial charge in [-0.15, -0.1) is 11.8 Å². The van der Waals surface area contributed by atoms with Crippen LogP contribution in [0.25, 0.3) is 21.8 Å². The van der Waals surface area contributed by atoms with Crippen LogP contribution in [0.4, 0.5) is 4.39 Å². The van der Waals surface area contributed by atoms with Crippen molar-refractivity contribution in [3.63, 3.8) is 0 Å². The van der Waals surface area contributed by atoms with E-state index in [1.165, 1.54) is 6.07 Å². The third-order valence-electron chi connectivity index (χ3n) is 3.74. The monoisotopic (exact) mass is 320 g/mol. The highest BCUT2D eigenvalue weighted by Gasteiger charge is 2.08. The summed E-state index contributed by atoms with van der Waals surface area (Å²) in [6.45, 7) is 0. The van der Waals surface area contributed by atoms with Crippen LogP contribution in [-0.2, 0) is 5.75 Å². The van der Waals surface area contributed by atoms with Gasteiger partial charge in [0.25, 0.3) is 0 Å². The molecule has 0 saturated carbocycles. The van der Waals surface area contributed by atoms with Gasteiger partial charge in [-0.25, -0.2) is 4.39 Å². The summed E-state index contributed by atoms with van der Waals surface area (Å²) in [4.78, 5) is 9.92. The first-order chi connectivity index (χ1) is 11.3. The zero-order valence-corrected chi connectivity index (χ0v) is 13.1. The molecule has 0 radical (unpaired) electrons. The van der Waals surface area contributed by atoms with Gasteiger partial charge >= 0.3 is 0 Å². The van der Waals surface area contributed by atoms with Gasteiger partial charge in [0.05, 0.1) is 11.0 Å². The van der Waals surface area contributed by atoms with Gasteiger partial charge in [0.1, 0.15) is 5.82 Å². The fourth-order valence-corrected chi connectivity index (χ4v) is 3.70. The van der Waals surface area contributed by atoms with Gasteiger partial charge in [-0.3, -0.25) is 9.97 Å². The third-order valence-corrected chi connectivity index (χ3v) is 4.86. The topological polar surface area (TPSA) is 25.8 Å². The van der Waals surface area contributed by atoms with Crippen molar-refractivity contribution in [1.29, 1.82) is 0 Å². The molecule has 2 heterocycles. The third kappa shape index (κ3) is 2.78. The van der Waals surface area contributed by atoms with Gasteiger partial charge in [-0.1, -0.05) is 24.3 Å². The number of fused-ring (bicyclic) bond motifs is 2. The van der Waals surface area contributed by atoms with Crippen LogP contribution in [0.2, 0.25) is 0 Å². The fraction of sp³-hybridized carbons (Fsp3) is 0.0526. The summed E-state index contributed by atoms with van der Waals surface area (Å²) < 4.78 is 13.8. The summed E-state index contributed by atoms with van der Waals surface area (Å²) >= 11 is 1.68. The smallest absolute Gasteiger partial charge is 0.124 e. The maximum Gasteiger partial charge on any atom is 0.124 e. The van der Waals surface area contributed by atoms with Crippen LogP contribution in [0, 0.1) is 5.82 Å². The zero-order valence-electron chi connectivity index (χ0n) is 12.2. The molecule has 2 nitrogen and oxygen atoms in total. The summed E-state index contributed by atoms with van der Waals surface area (Å²) in [6, 6.07) is 16.9. The summed E-state index contributed by atoms with van der Waals surface area (Å²) in [5.74, 6) is 0.444. The van der Waals surface area contributed by atoms with E-state index in [2.05, 4.69) is 16.0 Å². The second-order valence-corrected chi connectivity index (χ2v) is 6.27. The molecule has 23 heavy (non-hydrogen) atoms. The average molecular weight is 320 g/mol. The molecule has 2 aromatic carbocycles. The van der Waals surface area contributed by atoms with Crippen molar-refractivity contribution in [2.45, 2.75) is 10.6 Å². The van der Waals surface area contributed by atoms with Crippen LogP contribution in [0.5, 0.6) is 0 Å². The van der Waals surface area contributed by atoms with Crippen molar-refractivity contribution in [3.05, 3.63) is 78.4 Å². The van der Waals surface area contributed by atoms with E-state index in [0.29, 0.717) is 5.75 Å². The average Bonchev–Trinajstić information content (AvgIpc) is 2.59. The SMILES string of the molecule is Fc1cc(CSc2ccnc3ccccc23)c2ncccc2c1. The number of pyridine rings is 2. The molecule has 0 bridgehead atoms. The van der Waals surface area contributed by atoms with Crippen molar-refractivity contribution in [1.82, 2.24) is 9.97 Å². The molecule has 0 aliphatic rings. The molecule has 0 amide bonds. The Morgan fingerprint density at radius 1 is 0.913 bits per heavy atom. The zero-order chi connectivity index (χ0) is 15.6. The summed E-state index contributed by atoms with van der Waals surface area (Å²) in [5, 5.41) is 1.95. The van der Waals surface area contributed by atoms with E-state index in [0.717, 1.165) is 32.3 Å². The molecule has 0 fully saturated rings. The Morgan fingerprint density at radius 2 is 1.83 bits per heavy atom. The van der Waals surface area contributed by atoms with Gasteiger partial charge < -0.3 is 0 Å². The molecular weight excluding hydrogens is 307 g/mol. The molecule has 2 aromatic heterocycles. The lowest BCUT2D eigenvalue weighted by Crippen LogP contribution is -1.90. The lowest BCUT2D eigenvalue weighted by molar-refractivity contribution is 0.628. The number of aromatic nitrogens is 2. The number of para-hydroxylation sites is 1. The number of hydrogen-bond donors (Lipinski definition) is 0. The molecule has 0 N–H and O–H groups in total. The number of halogens is 1. The molecule has 0 unspecified atom stereocenters. The molecule has 0 saturated heterocycles. The van der Waals surface area contributed by atoms with Crippen LogP contribution in [-0.4, -0.2) is 9.97 Å². The molecule has 0 aliphatic carbocycles. The lowest BCUT2D eigenvalue weighted by atomic mass is 10.1. The largest absolute Gasteiger partial charge is 0.256 e. The Morgan fingerprint density at radius 3 is 2.78 bits per heavy atom. The first-order valence-electron chi connectivity index (χ1n) is 7.31. The van der Waals surface area contributed by atoms with Crippen molar-refractivity contribution in [2.24, 2.45) is 0 Å². The van der Waals surface area contributed by atoms with Crippen LogP contribution < -0.4 is 0 Å². The van der Waals surface area contributed by atoms with E-state index in [1.807, 2.05) is 42.6 Å². The molecule has 4 heteroatoms. The molecule has 0 aliphatic heterocycles. The van der Waals surface area contributed by atoms with Gasteiger partial charge in [0.15, 0.2) is 0 Å². The van der Waals surface area contributed by atoms with E-state index in [4.69, 9.17) is 0 Å². The quantitative estimate of drug-likeness (QED) is 0.484. The predicted octanol–water partition coefficient (Wildman–Crippen LogP) is 5.21. The van der Waals surface area contributed by atoms with Crippen LogP contribution >= 0.6 is 11.8 Å². The number of hydrogen-bond acceptors (Lipinski definition) is 3. The minimum atomic E-state index is -0.222. The second-order valence-electron chi connectivity index (χ2n) is 5.25. The van der Waals surface area contributed by atoms with Gasteiger partial charge in [-0.2, -0.15) is 0 Å². The van der Waals surface area contributed by atoms with Crippen LogP contribution in [0.1, 0.15) is 5.56 Å². The maximum atomic E-state index is 13.8. The van der Waals surface area contributed by atoms with Gasteiger partial charge in [0.2, 0.25) is 0 Å². The minimum absolute atomic E-state index is 0.222. The van der Waals surface area contributed by atoms with E-state index in [9.17, 15) is 4.39 Å². The van der Waals surface area contributed by atoms with E-state index in [1.54, 1.807) is 24.0 Å². The lowest BCUT2D eigenvalue weighted by Gasteiger charge is -2.08. The van der Waals surface area contributed by atoms with Crippen molar-refractivity contribution in [2.75, 3.05) is 0 Å². The number of nitrogens with zero attached hydrogens (tertiary/aromatic N) is 2. The first-order valence-corrected chi connectivity index (χ1v) is 8.29. The summed E-state index contributed by atoms with van der Waals surface area (Å²) in [7, 11) is 0. The second kappa shape index (κ2) is 5.97. The number of thioether (sulfide) groups is 1.